The number of sulfonamides is 1. The Hall–Kier alpha value is -3.38. The second-order valence-electron chi connectivity index (χ2n) is 7.51. The van der Waals surface area contributed by atoms with Crippen LogP contribution in [0.4, 0.5) is 13.2 Å². The largest absolute Gasteiger partial charge is 0.573 e. The van der Waals surface area contributed by atoms with Crippen LogP contribution in [0.3, 0.4) is 0 Å². The van der Waals surface area contributed by atoms with Crippen LogP contribution in [0.5, 0.6) is 5.75 Å². The van der Waals surface area contributed by atoms with Gasteiger partial charge in [0.05, 0.1) is 4.90 Å². The summed E-state index contributed by atoms with van der Waals surface area (Å²) in [7, 11) is -3.95. The van der Waals surface area contributed by atoms with Crippen LogP contribution in [0.25, 0.3) is 11.5 Å². The predicted molar refractivity (Wildman–Crippen MR) is 114 cm³/mol. The Morgan fingerprint density at radius 3 is 2.21 bits per heavy atom. The first-order valence-electron chi connectivity index (χ1n) is 10.2. The lowest BCUT2D eigenvalue weighted by atomic mass is 10.2. The molecule has 0 saturated carbocycles. The summed E-state index contributed by atoms with van der Waals surface area (Å²) in [6, 6.07) is 13.1. The van der Waals surface area contributed by atoms with Crippen molar-refractivity contribution in [2.45, 2.75) is 18.2 Å². The number of hydrogen-bond acceptors (Lipinski definition) is 6. The quantitative estimate of drug-likeness (QED) is 0.536. The molecule has 0 radical (unpaired) electrons. The predicted octanol–water partition coefficient (Wildman–Crippen LogP) is 3.70. The number of carbonyl (C=O) groups is 1. The van der Waals surface area contributed by atoms with Gasteiger partial charge in [0.1, 0.15) is 11.5 Å². The normalized spacial score (nSPS) is 15.4. The van der Waals surface area contributed by atoms with Gasteiger partial charge in [0.25, 0.3) is 5.91 Å². The Balaban J connectivity index is 1.42. The van der Waals surface area contributed by atoms with Crippen molar-refractivity contribution in [3.8, 4) is 17.2 Å². The van der Waals surface area contributed by atoms with E-state index in [1.165, 1.54) is 9.21 Å². The molecule has 2 aromatic carbocycles. The molecule has 0 atom stereocenters. The van der Waals surface area contributed by atoms with E-state index in [0.29, 0.717) is 11.7 Å². The van der Waals surface area contributed by atoms with Gasteiger partial charge in [0.2, 0.25) is 15.9 Å². The number of benzene rings is 2. The fraction of sp³-hybridized carbons (Fsp3) is 0.273. The van der Waals surface area contributed by atoms with Crippen LogP contribution in [0.15, 0.2) is 63.9 Å². The van der Waals surface area contributed by atoms with Gasteiger partial charge in [-0.15, -0.1) is 13.2 Å². The van der Waals surface area contributed by atoms with Crippen molar-refractivity contribution in [2.24, 2.45) is 0 Å². The molecule has 0 bridgehead atoms. The first-order chi connectivity index (χ1) is 16.0. The van der Waals surface area contributed by atoms with Gasteiger partial charge in [-0.2, -0.15) is 4.31 Å². The third-order valence-electron chi connectivity index (χ3n) is 5.24. The molecule has 3 aromatic rings. The molecule has 34 heavy (non-hydrogen) atoms. The highest BCUT2D eigenvalue weighted by molar-refractivity contribution is 7.89. The third kappa shape index (κ3) is 5.07. The van der Waals surface area contributed by atoms with Crippen molar-refractivity contribution < 1.29 is 35.5 Å². The summed E-state index contributed by atoms with van der Waals surface area (Å²) in [6.45, 7) is 1.94. The number of oxazole rings is 1. The molecule has 0 spiro atoms. The zero-order chi connectivity index (χ0) is 24.5. The second kappa shape index (κ2) is 9.11. The number of rotatable bonds is 5. The van der Waals surface area contributed by atoms with Crippen LogP contribution >= 0.6 is 0 Å². The summed E-state index contributed by atoms with van der Waals surface area (Å²) >= 11 is 0. The maximum absolute atomic E-state index is 13.0. The Morgan fingerprint density at radius 2 is 1.62 bits per heavy atom. The van der Waals surface area contributed by atoms with E-state index in [-0.39, 0.29) is 42.7 Å². The Kier molecular flexibility index (Phi) is 6.36. The van der Waals surface area contributed by atoms with E-state index in [2.05, 4.69) is 9.72 Å². The van der Waals surface area contributed by atoms with Gasteiger partial charge in [-0.1, -0.05) is 18.2 Å². The lowest BCUT2D eigenvalue weighted by Crippen LogP contribution is -2.50. The van der Waals surface area contributed by atoms with Gasteiger partial charge in [0, 0.05) is 31.7 Å². The molecule has 180 valence electrons. The van der Waals surface area contributed by atoms with E-state index in [9.17, 15) is 26.4 Å². The first-order valence-corrected chi connectivity index (χ1v) is 11.7. The van der Waals surface area contributed by atoms with Crippen LogP contribution in [0.1, 0.15) is 16.2 Å². The van der Waals surface area contributed by atoms with E-state index in [1.807, 2.05) is 30.3 Å². The monoisotopic (exact) mass is 495 g/mol. The fourth-order valence-electron chi connectivity index (χ4n) is 3.54. The molecule has 1 amide bonds. The number of aromatic nitrogens is 1. The zero-order valence-corrected chi connectivity index (χ0v) is 18.8. The number of piperazine rings is 1. The number of nitrogens with zero attached hydrogens (tertiary/aromatic N) is 3. The minimum atomic E-state index is -4.87. The maximum atomic E-state index is 13.0. The highest BCUT2D eigenvalue weighted by Crippen LogP contribution is 2.26. The maximum Gasteiger partial charge on any atom is 0.573 e. The van der Waals surface area contributed by atoms with Gasteiger partial charge < -0.3 is 14.1 Å². The molecule has 0 aliphatic carbocycles. The van der Waals surface area contributed by atoms with Gasteiger partial charge in [-0.25, -0.2) is 13.4 Å². The molecule has 1 aromatic heterocycles. The van der Waals surface area contributed by atoms with Gasteiger partial charge in [-0.05, 0) is 43.3 Å². The first kappa shape index (κ1) is 23.8. The van der Waals surface area contributed by atoms with Gasteiger partial charge in [0.15, 0.2) is 5.69 Å². The summed E-state index contributed by atoms with van der Waals surface area (Å²) in [4.78, 5) is 18.6. The van der Waals surface area contributed by atoms with Gasteiger partial charge >= 0.3 is 6.36 Å². The molecule has 4 rings (SSSR count). The van der Waals surface area contributed by atoms with Crippen LogP contribution in [0.2, 0.25) is 0 Å². The molecule has 12 heteroatoms. The molecule has 0 unspecified atom stereocenters. The highest BCUT2D eigenvalue weighted by Gasteiger charge is 2.33. The van der Waals surface area contributed by atoms with Gasteiger partial charge in [-0.3, -0.25) is 4.79 Å². The SMILES string of the molecule is Cc1oc(-c2ccccc2)nc1C(=O)N1CCN(S(=O)(=O)c2ccc(OC(F)(F)F)cc2)CC1. The number of hydrogen-bond donors (Lipinski definition) is 0. The van der Waals surface area contributed by atoms with E-state index in [4.69, 9.17) is 4.42 Å². The minimum Gasteiger partial charge on any atom is -0.441 e. The number of aryl methyl sites for hydroxylation is 1. The van der Waals surface area contributed by atoms with E-state index < -0.39 is 22.1 Å². The van der Waals surface area contributed by atoms with Crippen LogP contribution in [0, 0.1) is 6.92 Å². The molecule has 1 fully saturated rings. The van der Waals surface area contributed by atoms with Crippen molar-refractivity contribution in [1.82, 2.24) is 14.2 Å². The number of amides is 1. The third-order valence-corrected chi connectivity index (χ3v) is 7.15. The number of halogens is 3. The Bertz CT molecular complexity index is 1270. The molecular formula is C22H20F3N3O5S. The molecule has 1 aliphatic rings. The van der Waals surface area contributed by atoms with Crippen molar-refractivity contribution in [2.75, 3.05) is 26.2 Å². The van der Waals surface area contributed by atoms with Crippen molar-refractivity contribution in [1.29, 1.82) is 0 Å². The number of ether oxygens (including phenoxy) is 1. The van der Waals surface area contributed by atoms with E-state index in [0.717, 1.165) is 29.8 Å². The van der Waals surface area contributed by atoms with E-state index in [1.54, 1.807) is 6.92 Å². The van der Waals surface area contributed by atoms with Crippen molar-refractivity contribution in [3.63, 3.8) is 0 Å². The molecule has 1 aliphatic heterocycles. The van der Waals surface area contributed by atoms with Crippen LogP contribution < -0.4 is 4.74 Å². The molecule has 2 heterocycles. The van der Waals surface area contributed by atoms with Crippen LogP contribution in [-0.4, -0.2) is 61.1 Å². The van der Waals surface area contributed by atoms with E-state index >= 15 is 0 Å². The summed E-state index contributed by atoms with van der Waals surface area (Å²) < 4.78 is 73.3. The van der Waals surface area contributed by atoms with Crippen molar-refractivity contribution >= 4 is 15.9 Å². The lowest BCUT2D eigenvalue weighted by molar-refractivity contribution is -0.274. The topological polar surface area (TPSA) is 93.0 Å². The summed E-state index contributed by atoms with van der Waals surface area (Å²) in [5, 5.41) is 0. The fourth-order valence-corrected chi connectivity index (χ4v) is 4.96. The Labute approximate surface area is 193 Å². The molecular weight excluding hydrogens is 475 g/mol. The smallest absolute Gasteiger partial charge is 0.441 e. The van der Waals surface area contributed by atoms with Crippen LogP contribution in [-0.2, 0) is 10.0 Å². The number of alkyl halides is 3. The second-order valence-corrected chi connectivity index (χ2v) is 9.44. The molecule has 1 saturated heterocycles. The summed E-state index contributed by atoms with van der Waals surface area (Å²) in [5.74, 6) is -0.200. The average Bonchev–Trinajstić information content (AvgIpc) is 3.20. The zero-order valence-electron chi connectivity index (χ0n) is 17.9. The van der Waals surface area contributed by atoms with Crippen molar-refractivity contribution in [3.05, 3.63) is 66.1 Å². The Morgan fingerprint density at radius 1 is 1.00 bits per heavy atom. The lowest BCUT2D eigenvalue weighted by Gasteiger charge is -2.33. The minimum absolute atomic E-state index is 0.0251. The summed E-state index contributed by atoms with van der Waals surface area (Å²) in [5.41, 5.74) is 0.891. The average molecular weight is 495 g/mol. The standard InChI is InChI=1S/C22H20F3N3O5S/c1-15-19(26-20(32-15)16-5-3-2-4-6-16)21(29)27-11-13-28(14-12-27)34(30,31)18-9-7-17(8-10-18)33-22(23,24)25/h2-10H,11-14H2,1H3. The number of carbonyl (C=O) groups excluding carboxylic acids is 1. The molecule has 8 nitrogen and oxygen atoms in total. The highest BCUT2D eigenvalue weighted by atomic mass is 32.2. The molecule has 0 N–H and O–H groups in total. The summed E-state index contributed by atoms with van der Waals surface area (Å²) in [6.07, 6.45) is -4.87.